The molecule has 1 rings (SSSR count). The van der Waals surface area contributed by atoms with Gasteiger partial charge in [-0.3, -0.25) is 0 Å². The van der Waals surface area contributed by atoms with E-state index in [2.05, 4.69) is 18.6 Å². The molecule has 0 radical (unpaired) electrons. The molecule has 4 heteroatoms. The lowest BCUT2D eigenvalue weighted by molar-refractivity contribution is -0.0498. The van der Waals surface area contributed by atoms with E-state index >= 15 is 0 Å². The van der Waals surface area contributed by atoms with Gasteiger partial charge in [-0.15, -0.1) is 0 Å². The number of rotatable bonds is 6. The van der Waals surface area contributed by atoms with Gasteiger partial charge in [-0.2, -0.15) is 8.78 Å². The summed E-state index contributed by atoms with van der Waals surface area (Å²) in [6, 6.07) is 6.48. The zero-order valence-corrected chi connectivity index (χ0v) is 10.2. The zero-order valence-electron chi connectivity index (χ0n) is 10.2. The molecule has 1 aromatic rings. The predicted molar refractivity (Wildman–Crippen MR) is 64.1 cm³/mol. The summed E-state index contributed by atoms with van der Waals surface area (Å²) in [5.41, 5.74) is 6.98. The topological polar surface area (TPSA) is 35.2 Å². The van der Waals surface area contributed by atoms with Crippen molar-refractivity contribution in [3.05, 3.63) is 29.8 Å². The summed E-state index contributed by atoms with van der Waals surface area (Å²) in [6.07, 6.45) is 1.98. The highest BCUT2D eigenvalue weighted by Crippen LogP contribution is 2.23. The molecular weight excluding hydrogens is 224 g/mol. The Labute approximate surface area is 101 Å². The van der Waals surface area contributed by atoms with E-state index in [0.717, 1.165) is 18.4 Å². The fourth-order valence-electron chi connectivity index (χ4n) is 1.63. The van der Waals surface area contributed by atoms with Crippen LogP contribution in [0, 0.1) is 5.92 Å². The van der Waals surface area contributed by atoms with Crippen LogP contribution in [-0.4, -0.2) is 6.61 Å². The summed E-state index contributed by atoms with van der Waals surface area (Å²) in [4.78, 5) is 0. The maximum atomic E-state index is 12.0. The second kappa shape index (κ2) is 6.55. The summed E-state index contributed by atoms with van der Waals surface area (Å²) in [5, 5.41) is 0. The van der Waals surface area contributed by atoms with Crippen molar-refractivity contribution in [1.29, 1.82) is 0 Å². The van der Waals surface area contributed by atoms with Crippen molar-refractivity contribution < 1.29 is 13.5 Å². The summed E-state index contributed by atoms with van der Waals surface area (Å²) < 4.78 is 28.2. The predicted octanol–water partition coefficient (Wildman–Crippen LogP) is 3.72. The molecule has 0 aliphatic rings. The first-order valence-corrected chi connectivity index (χ1v) is 5.83. The van der Waals surface area contributed by atoms with Crippen molar-refractivity contribution in [2.45, 2.75) is 39.3 Å². The number of hydrogen-bond donors (Lipinski definition) is 1. The molecule has 0 bridgehead atoms. The van der Waals surface area contributed by atoms with Crippen LogP contribution in [-0.2, 0) is 0 Å². The first-order chi connectivity index (χ1) is 8.02. The van der Waals surface area contributed by atoms with Crippen LogP contribution in [0.2, 0.25) is 0 Å². The molecule has 0 fully saturated rings. The van der Waals surface area contributed by atoms with Gasteiger partial charge in [0.2, 0.25) is 0 Å². The second-order valence-corrected chi connectivity index (χ2v) is 4.30. The number of benzene rings is 1. The van der Waals surface area contributed by atoms with Crippen molar-refractivity contribution in [3.63, 3.8) is 0 Å². The normalized spacial score (nSPS) is 14.7. The van der Waals surface area contributed by atoms with Crippen LogP contribution >= 0.6 is 0 Å². The smallest absolute Gasteiger partial charge is 0.387 e. The third-order valence-electron chi connectivity index (χ3n) is 2.89. The minimum Gasteiger partial charge on any atom is -0.435 e. The van der Waals surface area contributed by atoms with Gasteiger partial charge in [-0.05, 0) is 30.0 Å². The van der Waals surface area contributed by atoms with E-state index in [-0.39, 0.29) is 11.8 Å². The van der Waals surface area contributed by atoms with Crippen molar-refractivity contribution >= 4 is 0 Å². The highest BCUT2D eigenvalue weighted by Gasteiger charge is 2.10. The molecule has 2 atom stereocenters. The van der Waals surface area contributed by atoms with Crippen LogP contribution in [0.1, 0.15) is 38.3 Å². The fourth-order valence-corrected chi connectivity index (χ4v) is 1.63. The van der Waals surface area contributed by atoms with E-state index in [0.29, 0.717) is 5.92 Å². The summed E-state index contributed by atoms with van der Waals surface area (Å²) in [5.74, 6) is 0.724. The van der Waals surface area contributed by atoms with Gasteiger partial charge in [0.05, 0.1) is 0 Å². The summed E-state index contributed by atoms with van der Waals surface area (Å²) >= 11 is 0. The molecular formula is C13H19F2NO. The molecule has 2 unspecified atom stereocenters. The molecule has 0 spiro atoms. The average molecular weight is 243 g/mol. The monoisotopic (exact) mass is 243 g/mol. The molecule has 0 heterocycles. The molecule has 0 aromatic heterocycles. The first-order valence-electron chi connectivity index (χ1n) is 5.83. The van der Waals surface area contributed by atoms with E-state index in [1.54, 1.807) is 12.1 Å². The quantitative estimate of drug-likeness (QED) is 0.826. The second-order valence-electron chi connectivity index (χ2n) is 4.30. The number of halogens is 2. The number of hydrogen-bond acceptors (Lipinski definition) is 2. The van der Waals surface area contributed by atoms with Gasteiger partial charge in [-0.1, -0.05) is 32.4 Å². The standard InChI is InChI=1S/C13H19F2NO/c1-3-9(2)8-12(16)10-4-6-11(7-5-10)17-13(14)15/h4-7,9,12-13H,3,8,16H2,1-2H3. The maximum absolute atomic E-state index is 12.0. The van der Waals surface area contributed by atoms with E-state index in [1.807, 2.05) is 0 Å². The Morgan fingerprint density at radius 1 is 1.24 bits per heavy atom. The number of nitrogens with two attached hydrogens (primary N) is 1. The zero-order chi connectivity index (χ0) is 12.8. The van der Waals surface area contributed by atoms with Gasteiger partial charge in [0.15, 0.2) is 0 Å². The lowest BCUT2D eigenvalue weighted by Gasteiger charge is -2.16. The highest BCUT2D eigenvalue weighted by molar-refractivity contribution is 5.29. The minimum atomic E-state index is -2.78. The molecule has 2 N–H and O–H groups in total. The van der Waals surface area contributed by atoms with Crippen LogP contribution in [0.5, 0.6) is 5.75 Å². The largest absolute Gasteiger partial charge is 0.435 e. The molecule has 0 aliphatic carbocycles. The summed E-state index contributed by atoms with van der Waals surface area (Å²) in [6.45, 7) is 1.49. The Morgan fingerprint density at radius 2 is 1.82 bits per heavy atom. The minimum absolute atomic E-state index is 0.0504. The molecule has 0 amide bonds. The van der Waals surface area contributed by atoms with Crippen LogP contribution < -0.4 is 10.5 Å². The average Bonchev–Trinajstić information content (AvgIpc) is 2.28. The van der Waals surface area contributed by atoms with E-state index in [9.17, 15) is 8.78 Å². The molecule has 1 aromatic carbocycles. The summed E-state index contributed by atoms with van der Waals surface area (Å²) in [7, 11) is 0. The van der Waals surface area contributed by atoms with Gasteiger partial charge in [0, 0.05) is 6.04 Å². The van der Waals surface area contributed by atoms with E-state index < -0.39 is 6.61 Å². The molecule has 17 heavy (non-hydrogen) atoms. The first kappa shape index (κ1) is 13.9. The third-order valence-corrected chi connectivity index (χ3v) is 2.89. The lowest BCUT2D eigenvalue weighted by Crippen LogP contribution is -2.13. The van der Waals surface area contributed by atoms with Crippen molar-refractivity contribution in [1.82, 2.24) is 0 Å². The van der Waals surface area contributed by atoms with Gasteiger partial charge < -0.3 is 10.5 Å². The van der Waals surface area contributed by atoms with E-state index in [1.165, 1.54) is 12.1 Å². The van der Waals surface area contributed by atoms with Crippen LogP contribution in [0.3, 0.4) is 0 Å². The maximum Gasteiger partial charge on any atom is 0.387 e. The van der Waals surface area contributed by atoms with Crippen LogP contribution in [0.15, 0.2) is 24.3 Å². The van der Waals surface area contributed by atoms with Crippen LogP contribution in [0.25, 0.3) is 0 Å². The number of ether oxygens (including phenoxy) is 1. The Bertz CT molecular complexity index is 327. The van der Waals surface area contributed by atoms with E-state index in [4.69, 9.17) is 5.73 Å². The Balaban J connectivity index is 2.60. The molecule has 2 nitrogen and oxygen atoms in total. The number of alkyl halides is 2. The van der Waals surface area contributed by atoms with Gasteiger partial charge in [0.25, 0.3) is 0 Å². The van der Waals surface area contributed by atoms with Gasteiger partial charge in [0.1, 0.15) is 5.75 Å². The molecule has 0 aliphatic heterocycles. The van der Waals surface area contributed by atoms with Crippen molar-refractivity contribution in [2.75, 3.05) is 0 Å². The van der Waals surface area contributed by atoms with Crippen LogP contribution in [0.4, 0.5) is 8.78 Å². The van der Waals surface area contributed by atoms with Gasteiger partial charge >= 0.3 is 6.61 Å². The van der Waals surface area contributed by atoms with Gasteiger partial charge in [-0.25, -0.2) is 0 Å². The molecule has 0 saturated carbocycles. The Morgan fingerprint density at radius 3 is 2.29 bits per heavy atom. The SMILES string of the molecule is CCC(C)CC(N)c1ccc(OC(F)F)cc1. The Kier molecular flexibility index (Phi) is 5.35. The molecule has 96 valence electrons. The highest BCUT2D eigenvalue weighted by atomic mass is 19.3. The van der Waals surface area contributed by atoms with Crippen molar-refractivity contribution in [3.8, 4) is 5.75 Å². The lowest BCUT2D eigenvalue weighted by atomic mass is 9.95. The molecule has 0 saturated heterocycles. The fraction of sp³-hybridized carbons (Fsp3) is 0.538. The Hall–Kier alpha value is -1.16. The van der Waals surface area contributed by atoms with Crippen molar-refractivity contribution in [2.24, 2.45) is 11.7 Å². The third kappa shape index (κ3) is 4.69.